The molecule has 7 nitrogen and oxygen atoms in total. The minimum atomic E-state index is -0.842. The van der Waals surface area contributed by atoms with Crippen molar-refractivity contribution in [1.29, 1.82) is 0 Å². The lowest BCUT2D eigenvalue weighted by atomic mass is 9.99. The molecule has 1 saturated heterocycles. The molecule has 4 rings (SSSR count). The molecule has 0 spiro atoms. The van der Waals surface area contributed by atoms with Crippen LogP contribution in [-0.2, 0) is 16.1 Å². The van der Waals surface area contributed by atoms with Gasteiger partial charge in [0.25, 0.3) is 5.91 Å². The number of hydrogen-bond acceptors (Lipinski definition) is 5. The fourth-order valence-electron chi connectivity index (χ4n) is 3.90. The summed E-state index contributed by atoms with van der Waals surface area (Å²) in [5.41, 5.74) is 3.23. The highest BCUT2D eigenvalue weighted by molar-refractivity contribution is 7.12. The fraction of sp³-hybridized carbons (Fsp3) is 0.296. The van der Waals surface area contributed by atoms with Gasteiger partial charge in [-0.2, -0.15) is 0 Å². The molecule has 0 bridgehead atoms. The van der Waals surface area contributed by atoms with Gasteiger partial charge in [-0.15, -0.1) is 11.3 Å². The maximum Gasteiger partial charge on any atom is 0.411 e. The Bertz CT molecular complexity index is 1190. The zero-order chi connectivity index (χ0) is 24.9. The number of hydrogen-bond donors (Lipinski definition) is 2. The van der Waals surface area contributed by atoms with Crippen molar-refractivity contribution in [3.05, 3.63) is 87.6 Å². The van der Waals surface area contributed by atoms with Gasteiger partial charge in [0, 0.05) is 12.2 Å². The van der Waals surface area contributed by atoms with Crippen LogP contribution < -0.4 is 10.6 Å². The summed E-state index contributed by atoms with van der Waals surface area (Å²) in [5.74, 6) is -0.223. The van der Waals surface area contributed by atoms with Crippen LogP contribution in [0, 0.1) is 12.8 Å². The SMILES string of the molecule is Cc1ccc(CN2C(=O)OC(c3cccc(NC(=O)c4cccs4)c3)C2C(=O)NCC(C)C)cc1. The summed E-state index contributed by atoms with van der Waals surface area (Å²) >= 11 is 1.35. The molecule has 1 aliphatic heterocycles. The van der Waals surface area contributed by atoms with Crippen molar-refractivity contribution in [2.24, 2.45) is 5.92 Å². The fourth-order valence-corrected chi connectivity index (χ4v) is 4.52. The topological polar surface area (TPSA) is 87.7 Å². The van der Waals surface area contributed by atoms with Crippen LogP contribution in [0.5, 0.6) is 0 Å². The number of anilines is 1. The molecule has 2 aromatic carbocycles. The van der Waals surface area contributed by atoms with Gasteiger partial charge in [0.1, 0.15) is 0 Å². The Morgan fingerprint density at radius 3 is 2.54 bits per heavy atom. The number of carbonyl (C=O) groups is 3. The summed E-state index contributed by atoms with van der Waals surface area (Å²) in [4.78, 5) is 40.8. The monoisotopic (exact) mass is 491 g/mol. The standard InChI is InChI=1S/C27H29N3O4S/c1-17(2)15-28-26(32)23-24(34-27(33)30(23)16-19-11-9-18(3)10-12-19)20-6-4-7-21(14-20)29-25(31)22-8-5-13-35-22/h4-14,17,23-24H,15-16H2,1-3H3,(H,28,32)(H,29,31). The number of aryl methyl sites for hydroxylation is 1. The van der Waals surface area contributed by atoms with Crippen LogP contribution in [0.3, 0.4) is 0 Å². The Balaban J connectivity index is 1.60. The number of rotatable bonds is 8. The average molecular weight is 492 g/mol. The molecule has 0 aliphatic carbocycles. The Morgan fingerprint density at radius 2 is 1.86 bits per heavy atom. The molecule has 2 atom stereocenters. The van der Waals surface area contributed by atoms with E-state index in [4.69, 9.17) is 4.74 Å². The van der Waals surface area contributed by atoms with E-state index in [1.807, 2.05) is 56.5 Å². The van der Waals surface area contributed by atoms with Gasteiger partial charge >= 0.3 is 6.09 Å². The summed E-state index contributed by atoms with van der Waals surface area (Å²) in [6, 6.07) is 17.7. The van der Waals surface area contributed by atoms with E-state index in [-0.39, 0.29) is 24.3 Å². The summed E-state index contributed by atoms with van der Waals surface area (Å²) < 4.78 is 5.74. The second-order valence-electron chi connectivity index (χ2n) is 9.06. The first kappa shape index (κ1) is 24.5. The molecule has 2 heterocycles. The van der Waals surface area contributed by atoms with E-state index in [1.165, 1.54) is 16.2 Å². The van der Waals surface area contributed by atoms with E-state index in [2.05, 4.69) is 10.6 Å². The smallest absolute Gasteiger partial charge is 0.411 e. The lowest BCUT2D eigenvalue weighted by Gasteiger charge is -2.25. The zero-order valence-electron chi connectivity index (χ0n) is 20.0. The van der Waals surface area contributed by atoms with Gasteiger partial charge in [-0.1, -0.05) is 61.9 Å². The Morgan fingerprint density at radius 1 is 1.09 bits per heavy atom. The summed E-state index contributed by atoms with van der Waals surface area (Å²) in [6.07, 6.45) is -1.35. The van der Waals surface area contributed by atoms with Crippen LogP contribution in [0.4, 0.5) is 10.5 Å². The van der Waals surface area contributed by atoms with Crippen LogP contribution >= 0.6 is 11.3 Å². The molecule has 3 amide bonds. The predicted octanol–water partition coefficient (Wildman–Crippen LogP) is 5.14. The molecule has 182 valence electrons. The third-order valence-electron chi connectivity index (χ3n) is 5.73. The number of nitrogens with zero attached hydrogens (tertiary/aromatic N) is 1. The molecule has 2 unspecified atom stereocenters. The molecule has 1 aliphatic rings. The van der Waals surface area contributed by atoms with Crippen LogP contribution in [0.2, 0.25) is 0 Å². The van der Waals surface area contributed by atoms with Crippen molar-refractivity contribution in [1.82, 2.24) is 10.2 Å². The van der Waals surface area contributed by atoms with Gasteiger partial charge in [-0.05, 0) is 47.5 Å². The zero-order valence-corrected chi connectivity index (χ0v) is 20.8. The Labute approximate surface area is 209 Å². The van der Waals surface area contributed by atoms with E-state index in [0.717, 1.165) is 11.1 Å². The molecule has 1 aromatic heterocycles. The minimum absolute atomic E-state index is 0.215. The Hall–Kier alpha value is -3.65. The van der Waals surface area contributed by atoms with E-state index >= 15 is 0 Å². The molecule has 1 fully saturated rings. The average Bonchev–Trinajstić information content (AvgIpc) is 3.48. The van der Waals surface area contributed by atoms with Crippen LogP contribution in [0.25, 0.3) is 0 Å². The largest absolute Gasteiger partial charge is 0.438 e. The maximum absolute atomic E-state index is 13.3. The van der Waals surface area contributed by atoms with Gasteiger partial charge in [-0.3, -0.25) is 14.5 Å². The van der Waals surface area contributed by atoms with Gasteiger partial charge in [0.15, 0.2) is 12.1 Å². The number of thiophene rings is 1. The molecular formula is C27H29N3O4S. The molecular weight excluding hydrogens is 462 g/mol. The van der Waals surface area contributed by atoms with Gasteiger partial charge in [0.2, 0.25) is 5.91 Å². The van der Waals surface area contributed by atoms with Crippen molar-refractivity contribution >= 4 is 34.9 Å². The Kier molecular flexibility index (Phi) is 7.51. The second kappa shape index (κ2) is 10.7. The third-order valence-corrected chi connectivity index (χ3v) is 6.60. The van der Waals surface area contributed by atoms with Gasteiger partial charge in [0.05, 0.1) is 11.4 Å². The van der Waals surface area contributed by atoms with Crippen molar-refractivity contribution < 1.29 is 19.1 Å². The summed E-state index contributed by atoms with van der Waals surface area (Å²) in [7, 11) is 0. The van der Waals surface area contributed by atoms with E-state index < -0.39 is 18.2 Å². The first-order chi connectivity index (χ1) is 16.8. The predicted molar refractivity (Wildman–Crippen MR) is 136 cm³/mol. The summed E-state index contributed by atoms with van der Waals surface area (Å²) in [5, 5.41) is 7.67. The molecule has 0 saturated carbocycles. The quantitative estimate of drug-likeness (QED) is 0.457. The van der Waals surface area contributed by atoms with Gasteiger partial charge in [-0.25, -0.2) is 4.79 Å². The summed E-state index contributed by atoms with van der Waals surface area (Å²) in [6.45, 7) is 6.77. The minimum Gasteiger partial charge on any atom is -0.438 e. The highest BCUT2D eigenvalue weighted by atomic mass is 32.1. The number of ether oxygens (including phenoxy) is 1. The van der Waals surface area contributed by atoms with Crippen molar-refractivity contribution in [3.63, 3.8) is 0 Å². The molecule has 0 radical (unpaired) electrons. The molecule has 2 N–H and O–H groups in total. The van der Waals surface area contributed by atoms with Crippen molar-refractivity contribution in [2.75, 3.05) is 11.9 Å². The van der Waals surface area contributed by atoms with Crippen molar-refractivity contribution in [2.45, 2.75) is 39.5 Å². The van der Waals surface area contributed by atoms with E-state index in [0.29, 0.717) is 22.7 Å². The number of nitrogens with one attached hydrogen (secondary N) is 2. The van der Waals surface area contributed by atoms with Crippen molar-refractivity contribution in [3.8, 4) is 0 Å². The third kappa shape index (κ3) is 5.89. The van der Waals surface area contributed by atoms with Crippen LogP contribution in [-0.4, -0.2) is 35.4 Å². The van der Waals surface area contributed by atoms with Crippen LogP contribution in [0.1, 0.15) is 46.3 Å². The lowest BCUT2D eigenvalue weighted by Crippen LogP contribution is -2.47. The van der Waals surface area contributed by atoms with Gasteiger partial charge < -0.3 is 15.4 Å². The van der Waals surface area contributed by atoms with E-state index in [9.17, 15) is 14.4 Å². The van der Waals surface area contributed by atoms with E-state index in [1.54, 1.807) is 30.3 Å². The molecule has 8 heteroatoms. The highest BCUT2D eigenvalue weighted by Crippen LogP contribution is 2.35. The first-order valence-corrected chi connectivity index (χ1v) is 12.4. The maximum atomic E-state index is 13.3. The second-order valence-corrected chi connectivity index (χ2v) is 10.0. The first-order valence-electron chi connectivity index (χ1n) is 11.6. The number of amides is 3. The van der Waals surface area contributed by atoms with Crippen LogP contribution in [0.15, 0.2) is 66.0 Å². The number of benzene rings is 2. The number of cyclic esters (lactones) is 1. The highest BCUT2D eigenvalue weighted by Gasteiger charge is 2.47. The number of carbonyl (C=O) groups excluding carboxylic acids is 3. The molecule has 3 aromatic rings. The normalized spacial score (nSPS) is 17.4. The lowest BCUT2D eigenvalue weighted by molar-refractivity contribution is -0.126. The molecule has 35 heavy (non-hydrogen) atoms.